The van der Waals surface area contributed by atoms with Crippen LogP contribution in [0.3, 0.4) is 0 Å². The van der Waals surface area contributed by atoms with Gasteiger partial charge in [0.25, 0.3) is 5.91 Å². The summed E-state index contributed by atoms with van der Waals surface area (Å²) in [4.78, 5) is 14.8. The molecule has 2 aromatic rings. The summed E-state index contributed by atoms with van der Waals surface area (Å²) in [6.45, 7) is 3.61. The topological polar surface area (TPSA) is 50.8 Å². The first-order chi connectivity index (χ1) is 13.0. The fraction of sp³-hybridized carbons (Fsp3) is 0.381. The minimum atomic E-state index is -0.522. The fourth-order valence-corrected chi connectivity index (χ4v) is 3.43. The van der Waals surface area contributed by atoms with Gasteiger partial charge in [-0.1, -0.05) is 15.9 Å². The third-order valence-electron chi connectivity index (χ3n) is 4.77. The van der Waals surface area contributed by atoms with E-state index < -0.39 is 6.10 Å². The molecule has 1 N–H and O–H groups in total. The van der Waals surface area contributed by atoms with Crippen LogP contribution in [0.15, 0.2) is 53.0 Å². The molecule has 5 nitrogen and oxygen atoms in total. The first-order valence-electron chi connectivity index (χ1n) is 9.17. The van der Waals surface area contributed by atoms with Gasteiger partial charge in [-0.05, 0) is 68.3 Å². The Morgan fingerprint density at radius 1 is 1.07 bits per heavy atom. The predicted octanol–water partition coefficient (Wildman–Crippen LogP) is 4.01. The maximum atomic E-state index is 12.4. The van der Waals surface area contributed by atoms with Crippen molar-refractivity contribution in [2.24, 2.45) is 0 Å². The molecule has 1 atom stereocenters. The Bertz CT molecular complexity index is 741. The second-order valence-corrected chi connectivity index (χ2v) is 7.60. The van der Waals surface area contributed by atoms with E-state index in [0.29, 0.717) is 5.75 Å². The van der Waals surface area contributed by atoms with Crippen LogP contribution in [-0.2, 0) is 4.79 Å². The summed E-state index contributed by atoms with van der Waals surface area (Å²) in [7, 11) is 1.67. The Morgan fingerprint density at radius 3 is 2.26 bits per heavy atom. The molecule has 1 aliphatic heterocycles. The average Bonchev–Trinajstić information content (AvgIpc) is 2.70. The lowest BCUT2D eigenvalue weighted by Gasteiger charge is -2.34. The van der Waals surface area contributed by atoms with Crippen LogP contribution in [0.5, 0.6) is 11.5 Å². The molecule has 1 saturated heterocycles. The van der Waals surface area contributed by atoms with Crippen LogP contribution in [0, 0.1) is 0 Å². The largest absolute Gasteiger partial charge is 0.497 e. The van der Waals surface area contributed by atoms with Gasteiger partial charge >= 0.3 is 0 Å². The molecule has 2 aromatic carbocycles. The molecule has 0 spiro atoms. The van der Waals surface area contributed by atoms with Gasteiger partial charge in [0.05, 0.1) is 7.11 Å². The number of ether oxygens (including phenoxy) is 2. The number of amides is 1. The van der Waals surface area contributed by atoms with E-state index in [4.69, 9.17) is 9.47 Å². The lowest BCUT2D eigenvalue weighted by Crippen LogP contribution is -2.48. The molecule has 144 valence electrons. The number of rotatable bonds is 6. The van der Waals surface area contributed by atoms with Crippen molar-refractivity contribution in [2.75, 3.05) is 25.1 Å². The van der Waals surface area contributed by atoms with E-state index in [2.05, 4.69) is 38.3 Å². The Labute approximate surface area is 168 Å². The van der Waals surface area contributed by atoms with E-state index in [1.165, 1.54) is 5.69 Å². The molecule has 0 saturated carbocycles. The molecule has 0 radical (unpaired) electrons. The normalized spacial score (nSPS) is 15.9. The van der Waals surface area contributed by atoms with Crippen LogP contribution >= 0.6 is 15.9 Å². The zero-order chi connectivity index (χ0) is 19.2. The van der Waals surface area contributed by atoms with Gasteiger partial charge in [0.15, 0.2) is 6.10 Å². The van der Waals surface area contributed by atoms with Crippen LogP contribution in [0.25, 0.3) is 0 Å². The first kappa shape index (κ1) is 19.5. The van der Waals surface area contributed by atoms with Crippen molar-refractivity contribution >= 4 is 27.5 Å². The van der Waals surface area contributed by atoms with Gasteiger partial charge in [0, 0.05) is 29.3 Å². The van der Waals surface area contributed by atoms with Gasteiger partial charge < -0.3 is 19.7 Å². The van der Waals surface area contributed by atoms with Gasteiger partial charge in [-0.3, -0.25) is 4.79 Å². The van der Waals surface area contributed by atoms with Crippen molar-refractivity contribution < 1.29 is 14.3 Å². The maximum absolute atomic E-state index is 12.4. The summed E-state index contributed by atoms with van der Waals surface area (Å²) in [6.07, 6.45) is 1.32. The quantitative estimate of drug-likeness (QED) is 0.748. The van der Waals surface area contributed by atoms with E-state index in [1.807, 2.05) is 36.4 Å². The summed E-state index contributed by atoms with van der Waals surface area (Å²) in [5.41, 5.74) is 1.19. The fourth-order valence-electron chi connectivity index (χ4n) is 3.16. The van der Waals surface area contributed by atoms with Crippen LogP contribution in [0.4, 0.5) is 5.69 Å². The van der Waals surface area contributed by atoms with E-state index >= 15 is 0 Å². The van der Waals surface area contributed by atoms with Crippen molar-refractivity contribution in [1.82, 2.24) is 5.32 Å². The Balaban J connectivity index is 1.46. The summed E-state index contributed by atoms with van der Waals surface area (Å²) in [6, 6.07) is 15.8. The molecule has 27 heavy (non-hydrogen) atoms. The third kappa shape index (κ3) is 5.39. The maximum Gasteiger partial charge on any atom is 0.260 e. The van der Waals surface area contributed by atoms with Crippen molar-refractivity contribution in [1.29, 1.82) is 0 Å². The number of hydrogen-bond donors (Lipinski definition) is 1. The number of carbonyl (C=O) groups excluding carboxylic acids is 1. The molecule has 1 aliphatic rings. The summed E-state index contributed by atoms with van der Waals surface area (Å²) < 4.78 is 11.9. The Morgan fingerprint density at radius 2 is 1.67 bits per heavy atom. The predicted molar refractivity (Wildman–Crippen MR) is 111 cm³/mol. The number of halogens is 1. The monoisotopic (exact) mass is 432 g/mol. The number of hydrogen-bond acceptors (Lipinski definition) is 4. The molecular weight excluding hydrogens is 408 g/mol. The zero-order valence-corrected chi connectivity index (χ0v) is 17.2. The average molecular weight is 433 g/mol. The number of benzene rings is 2. The highest BCUT2D eigenvalue weighted by Crippen LogP contribution is 2.23. The van der Waals surface area contributed by atoms with Crippen LogP contribution in [0.2, 0.25) is 0 Å². The smallest absolute Gasteiger partial charge is 0.260 e. The molecular formula is C21H25BrN2O3. The third-order valence-corrected chi connectivity index (χ3v) is 5.30. The molecule has 1 fully saturated rings. The molecule has 1 amide bonds. The van der Waals surface area contributed by atoms with Crippen molar-refractivity contribution in [2.45, 2.75) is 31.9 Å². The first-order valence-corrected chi connectivity index (χ1v) is 9.96. The number of carbonyl (C=O) groups is 1. The number of piperidine rings is 1. The molecule has 1 unspecified atom stereocenters. The molecule has 1 heterocycles. The zero-order valence-electron chi connectivity index (χ0n) is 15.7. The number of nitrogens with one attached hydrogen (secondary N) is 1. The Kier molecular flexibility index (Phi) is 6.61. The van der Waals surface area contributed by atoms with Crippen LogP contribution < -0.4 is 19.7 Å². The van der Waals surface area contributed by atoms with Gasteiger partial charge in [0.2, 0.25) is 0 Å². The standard InChI is InChI=1S/C21H25BrN2O3/c1-15(27-20-7-3-16(22)4-8-20)21(25)23-17-11-13-24(14-12-17)18-5-9-19(26-2)10-6-18/h3-10,15,17H,11-14H2,1-2H3,(H,23,25). The molecule has 0 aliphatic carbocycles. The molecule has 6 heteroatoms. The van der Waals surface area contributed by atoms with Crippen LogP contribution in [-0.4, -0.2) is 38.3 Å². The number of nitrogens with zero attached hydrogens (tertiary/aromatic N) is 1. The highest BCUT2D eigenvalue weighted by Gasteiger charge is 2.23. The van der Waals surface area contributed by atoms with E-state index in [1.54, 1.807) is 14.0 Å². The van der Waals surface area contributed by atoms with Crippen LogP contribution in [0.1, 0.15) is 19.8 Å². The van der Waals surface area contributed by atoms with Gasteiger partial charge in [-0.25, -0.2) is 0 Å². The number of methoxy groups -OCH3 is 1. The highest BCUT2D eigenvalue weighted by atomic mass is 79.9. The summed E-state index contributed by atoms with van der Waals surface area (Å²) in [5, 5.41) is 3.12. The minimum Gasteiger partial charge on any atom is -0.497 e. The molecule has 0 aromatic heterocycles. The lowest BCUT2D eigenvalue weighted by molar-refractivity contribution is -0.128. The molecule has 0 bridgehead atoms. The van der Waals surface area contributed by atoms with Gasteiger partial charge in [-0.2, -0.15) is 0 Å². The van der Waals surface area contributed by atoms with E-state index in [0.717, 1.165) is 36.2 Å². The summed E-state index contributed by atoms with van der Waals surface area (Å²) in [5.74, 6) is 1.48. The van der Waals surface area contributed by atoms with Crippen molar-refractivity contribution in [3.63, 3.8) is 0 Å². The molecule has 3 rings (SSSR count). The van der Waals surface area contributed by atoms with Gasteiger partial charge in [-0.15, -0.1) is 0 Å². The highest BCUT2D eigenvalue weighted by molar-refractivity contribution is 9.10. The second-order valence-electron chi connectivity index (χ2n) is 6.68. The minimum absolute atomic E-state index is 0.0687. The SMILES string of the molecule is COc1ccc(N2CCC(NC(=O)C(C)Oc3ccc(Br)cc3)CC2)cc1. The van der Waals surface area contributed by atoms with Crippen molar-refractivity contribution in [3.05, 3.63) is 53.0 Å². The van der Waals surface area contributed by atoms with Gasteiger partial charge in [0.1, 0.15) is 11.5 Å². The number of anilines is 1. The summed E-state index contributed by atoms with van der Waals surface area (Å²) >= 11 is 3.39. The second kappa shape index (κ2) is 9.13. The lowest BCUT2D eigenvalue weighted by atomic mass is 10.0. The van der Waals surface area contributed by atoms with E-state index in [-0.39, 0.29) is 11.9 Å². The Hall–Kier alpha value is -2.21. The van der Waals surface area contributed by atoms with E-state index in [9.17, 15) is 4.79 Å². The van der Waals surface area contributed by atoms with Crippen molar-refractivity contribution in [3.8, 4) is 11.5 Å².